The SMILES string of the molecule is O=C(Cn1nc2n(c1=O)CCCCC2)NCC(=O)Nc1ccc(-n2cncn2)cc1. The lowest BCUT2D eigenvalue weighted by Crippen LogP contribution is -2.37. The van der Waals surface area contributed by atoms with Gasteiger partial charge in [0.15, 0.2) is 0 Å². The number of hydrogen-bond acceptors (Lipinski definition) is 6. The quantitative estimate of drug-likeness (QED) is 0.593. The summed E-state index contributed by atoms with van der Waals surface area (Å²) in [5.74, 6) is -0.0933. The summed E-state index contributed by atoms with van der Waals surface area (Å²) in [6, 6.07) is 7.04. The van der Waals surface area contributed by atoms with Gasteiger partial charge in [-0.05, 0) is 37.1 Å². The van der Waals surface area contributed by atoms with Crippen molar-refractivity contribution in [1.82, 2.24) is 34.4 Å². The van der Waals surface area contributed by atoms with Crippen LogP contribution in [0.2, 0.25) is 0 Å². The highest BCUT2D eigenvalue weighted by Crippen LogP contribution is 2.12. The molecule has 0 saturated heterocycles. The molecule has 1 aliphatic rings. The van der Waals surface area contributed by atoms with Crippen molar-refractivity contribution in [3.8, 4) is 5.69 Å². The number of nitrogens with one attached hydrogen (secondary N) is 2. The molecule has 2 N–H and O–H groups in total. The van der Waals surface area contributed by atoms with Gasteiger partial charge in [-0.3, -0.25) is 14.2 Å². The van der Waals surface area contributed by atoms with Crippen molar-refractivity contribution in [2.24, 2.45) is 0 Å². The monoisotopic (exact) mass is 410 g/mol. The summed E-state index contributed by atoms with van der Waals surface area (Å²) >= 11 is 0. The Morgan fingerprint density at radius 3 is 2.67 bits per heavy atom. The second kappa shape index (κ2) is 8.72. The van der Waals surface area contributed by atoms with Crippen molar-refractivity contribution < 1.29 is 9.59 Å². The smallest absolute Gasteiger partial charge is 0.345 e. The van der Waals surface area contributed by atoms with Gasteiger partial charge in [0.2, 0.25) is 11.8 Å². The van der Waals surface area contributed by atoms with Crippen molar-refractivity contribution in [3.63, 3.8) is 0 Å². The Kier molecular flexibility index (Phi) is 5.68. The molecule has 1 aliphatic heterocycles. The molecular weight excluding hydrogens is 388 g/mol. The molecule has 0 saturated carbocycles. The number of fused-ring (bicyclic) bond motifs is 1. The molecule has 0 spiro atoms. The molecule has 0 radical (unpaired) electrons. The summed E-state index contributed by atoms with van der Waals surface area (Å²) < 4.78 is 4.40. The fraction of sp³-hybridized carbons (Fsp3) is 0.368. The molecule has 4 rings (SSSR count). The van der Waals surface area contributed by atoms with Gasteiger partial charge in [-0.25, -0.2) is 19.1 Å². The van der Waals surface area contributed by atoms with Crippen LogP contribution < -0.4 is 16.3 Å². The maximum absolute atomic E-state index is 12.4. The minimum absolute atomic E-state index is 0.202. The van der Waals surface area contributed by atoms with Crippen LogP contribution in [0.5, 0.6) is 0 Å². The minimum Gasteiger partial charge on any atom is -0.345 e. The van der Waals surface area contributed by atoms with Gasteiger partial charge >= 0.3 is 5.69 Å². The Bertz CT molecular complexity index is 1080. The number of aryl methyl sites for hydroxylation is 1. The summed E-state index contributed by atoms with van der Waals surface area (Å²) in [4.78, 5) is 40.5. The van der Waals surface area contributed by atoms with Gasteiger partial charge in [0.25, 0.3) is 0 Å². The molecule has 11 heteroatoms. The third kappa shape index (κ3) is 4.45. The molecule has 11 nitrogen and oxygen atoms in total. The average Bonchev–Trinajstić information content (AvgIpc) is 3.30. The van der Waals surface area contributed by atoms with E-state index >= 15 is 0 Å². The molecule has 1 aromatic carbocycles. The summed E-state index contributed by atoms with van der Waals surface area (Å²) in [5.41, 5.74) is 1.12. The first-order chi connectivity index (χ1) is 14.6. The lowest BCUT2D eigenvalue weighted by Gasteiger charge is -2.08. The third-order valence-electron chi connectivity index (χ3n) is 4.86. The van der Waals surface area contributed by atoms with Crippen LogP contribution >= 0.6 is 0 Å². The van der Waals surface area contributed by atoms with E-state index in [9.17, 15) is 14.4 Å². The molecule has 0 unspecified atom stereocenters. The van der Waals surface area contributed by atoms with E-state index in [0.717, 1.165) is 41.9 Å². The van der Waals surface area contributed by atoms with E-state index in [0.29, 0.717) is 12.2 Å². The summed E-state index contributed by atoms with van der Waals surface area (Å²) in [6.45, 7) is 0.221. The van der Waals surface area contributed by atoms with E-state index in [1.54, 1.807) is 39.8 Å². The first-order valence-electron chi connectivity index (χ1n) is 9.78. The Balaban J connectivity index is 1.28. The van der Waals surface area contributed by atoms with Gasteiger partial charge in [0.1, 0.15) is 25.0 Å². The van der Waals surface area contributed by atoms with Gasteiger partial charge < -0.3 is 10.6 Å². The number of carbonyl (C=O) groups is 2. The van der Waals surface area contributed by atoms with Gasteiger partial charge in [0, 0.05) is 18.7 Å². The predicted molar refractivity (Wildman–Crippen MR) is 107 cm³/mol. The van der Waals surface area contributed by atoms with Gasteiger partial charge in [-0.15, -0.1) is 0 Å². The van der Waals surface area contributed by atoms with Crippen molar-refractivity contribution >= 4 is 17.5 Å². The first-order valence-corrected chi connectivity index (χ1v) is 9.78. The highest BCUT2D eigenvalue weighted by atomic mass is 16.2. The van der Waals surface area contributed by atoms with Crippen LogP contribution in [0.25, 0.3) is 5.69 Å². The van der Waals surface area contributed by atoms with Crippen LogP contribution in [0, 0.1) is 0 Å². The second-order valence-corrected chi connectivity index (χ2v) is 7.03. The molecule has 0 fully saturated rings. The molecule has 3 heterocycles. The maximum atomic E-state index is 12.4. The van der Waals surface area contributed by atoms with E-state index in [-0.39, 0.29) is 24.7 Å². The van der Waals surface area contributed by atoms with Crippen LogP contribution in [-0.2, 0) is 29.1 Å². The van der Waals surface area contributed by atoms with E-state index in [1.807, 2.05) is 0 Å². The van der Waals surface area contributed by atoms with Gasteiger partial charge in [-0.1, -0.05) is 6.42 Å². The van der Waals surface area contributed by atoms with E-state index in [4.69, 9.17) is 0 Å². The van der Waals surface area contributed by atoms with Crippen LogP contribution in [0.15, 0.2) is 41.7 Å². The van der Waals surface area contributed by atoms with Crippen LogP contribution in [-0.4, -0.2) is 47.5 Å². The molecule has 3 aromatic rings. The second-order valence-electron chi connectivity index (χ2n) is 7.03. The number of nitrogens with zero attached hydrogens (tertiary/aromatic N) is 6. The lowest BCUT2D eigenvalue weighted by atomic mass is 10.2. The number of hydrogen-bond donors (Lipinski definition) is 2. The highest BCUT2D eigenvalue weighted by Gasteiger charge is 2.17. The van der Waals surface area contributed by atoms with Gasteiger partial charge in [0.05, 0.1) is 12.2 Å². The standard InChI is InChI=1S/C19H22N8O3/c28-17(23-14-5-7-15(8-6-14)27-13-20-12-22-27)10-21-18(29)11-26-19(30)25-9-3-1-2-4-16(25)24-26/h5-8,12-13H,1-4,9-11H2,(H,21,29)(H,23,28). The first kappa shape index (κ1) is 19.6. The van der Waals surface area contributed by atoms with Crippen LogP contribution in [0.3, 0.4) is 0 Å². The van der Waals surface area contributed by atoms with Crippen molar-refractivity contribution in [3.05, 3.63) is 53.2 Å². The molecular formula is C19H22N8O3. The largest absolute Gasteiger partial charge is 0.346 e. The normalized spacial score (nSPS) is 13.3. The van der Waals surface area contributed by atoms with E-state index < -0.39 is 5.91 Å². The fourth-order valence-electron chi connectivity index (χ4n) is 3.34. The lowest BCUT2D eigenvalue weighted by molar-refractivity contribution is -0.124. The maximum Gasteiger partial charge on any atom is 0.346 e. The molecule has 156 valence electrons. The van der Waals surface area contributed by atoms with E-state index in [2.05, 4.69) is 25.8 Å². The Morgan fingerprint density at radius 1 is 1.07 bits per heavy atom. The van der Waals surface area contributed by atoms with E-state index in [1.165, 1.54) is 6.33 Å². The zero-order valence-corrected chi connectivity index (χ0v) is 16.3. The number of anilines is 1. The summed E-state index contributed by atoms with van der Waals surface area (Å²) in [5, 5.41) is 13.5. The number of rotatable bonds is 6. The summed E-state index contributed by atoms with van der Waals surface area (Å²) in [7, 11) is 0. The number of benzene rings is 1. The Hall–Kier alpha value is -3.76. The number of amides is 2. The zero-order chi connectivity index (χ0) is 20.9. The van der Waals surface area contributed by atoms with Crippen LogP contribution in [0.4, 0.5) is 5.69 Å². The van der Waals surface area contributed by atoms with Crippen molar-refractivity contribution in [1.29, 1.82) is 0 Å². The Labute approximate surface area is 171 Å². The molecule has 2 aromatic heterocycles. The molecule has 0 bridgehead atoms. The minimum atomic E-state index is -0.443. The molecule has 0 atom stereocenters. The molecule has 2 amide bonds. The Morgan fingerprint density at radius 2 is 1.90 bits per heavy atom. The predicted octanol–water partition coefficient (Wildman–Crippen LogP) is 0.107. The fourth-order valence-corrected chi connectivity index (χ4v) is 3.34. The van der Waals surface area contributed by atoms with Crippen LogP contribution in [0.1, 0.15) is 25.1 Å². The van der Waals surface area contributed by atoms with Gasteiger partial charge in [-0.2, -0.15) is 10.2 Å². The van der Waals surface area contributed by atoms with Crippen molar-refractivity contribution in [2.75, 3.05) is 11.9 Å². The summed E-state index contributed by atoms with van der Waals surface area (Å²) in [6.07, 6.45) is 6.75. The topological polar surface area (TPSA) is 129 Å². The molecule has 30 heavy (non-hydrogen) atoms. The highest BCUT2D eigenvalue weighted by molar-refractivity contribution is 5.94. The zero-order valence-electron chi connectivity index (χ0n) is 16.3. The van der Waals surface area contributed by atoms with Crippen molar-refractivity contribution in [2.45, 2.75) is 38.8 Å². The average molecular weight is 410 g/mol. The number of carbonyl (C=O) groups excluding carboxylic acids is 2. The third-order valence-corrected chi connectivity index (χ3v) is 4.86. The molecule has 0 aliphatic carbocycles. The number of aromatic nitrogens is 6.